The van der Waals surface area contributed by atoms with Crippen molar-refractivity contribution in [1.29, 1.82) is 0 Å². The first-order chi connectivity index (χ1) is 17.9. The minimum Gasteiger partial charge on any atom is -0.454 e. The zero-order valence-electron chi connectivity index (χ0n) is 21.0. The van der Waals surface area contributed by atoms with Gasteiger partial charge in [0.15, 0.2) is 11.5 Å². The Kier molecular flexibility index (Phi) is 6.80. The normalized spacial score (nSPS) is 17.4. The topological polar surface area (TPSA) is 124 Å². The van der Waals surface area contributed by atoms with Gasteiger partial charge in [-0.1, -0.05) is 6.07 Å². The quantitative estimate of drug-likeness (QED) is 0.535. The van der Waals surface area contributed by atoms with E-state index in [-0.39, 0.29) is 31.2 Å². The molecule has 37 heavy (non-hydrogen) atoms. The number of benzene rings is 1. The molecule has 4 heterocycles. The van der Waals surface area contributed by atoms with Gasteiger partial charge in [0, 0.05) is 50.2 Å². The van der Waals surface area contributed by atoms with E-state index in [2.05, 4.69) is 20.2 Å². The summed E-state index contributed by atoms with van der Waals surface area (Å²) >= 11 is 0. The van der Waals surface area contributed by atoms with Crippen LogP contribution in [0.1, 0.15) is 30.6 Å². The third kappa shape index (κ3) is 5.27. The maximum absolute atomic E-state index is 13.2. The van der Waals surface area contributed by atoms with Crippen LogP contribution in [0.3, 0.4) is 0 Å². The number of carbonyl (C=O) groups excluding carboxylic acids is 2. The maximum atomic E-state index is 13.2. The number of nitrogens with one attached hydrogen (secondary N) is 1. The van der Waals surface area contributed by atoms with Crippen LogP contribution in [0.25, 0.3) is 5.95 Å². The number of ether oxygens (including phenoxy) is 3. The summed E-state index contributed by atoms with van der Waals surface area (Å²) in [6.45, 7) is 5.26. The number of aromatic nitrogens is 4. The molecule has 194 valence electrons. The van der Waals surface area contributed by atoms with E-state index in [1.54, 1.807) is 28.2 Å². The standard InChI is InChI=1S/C25H29N7O5/c1-16-10-22(29-24(27-16)31-7-6-26-14-31)32-9-8-30(25(34)35-3)13-19(32)12-23(33)28-17(2)18-4-5-20-21(11-18)37-15-36-20/h4-7,10-11,14,17,19H,8-9,12-13,15H2,1-3H3,(H,28,33). The Balaban J connectivity index is 1.35. The van der Waals surface area contributed by atoms with Crippen molar-refractivity contribution >= 4 is 17.8 Å². The molecule has 0 aliphatic carbocycles. The molecule has 3 aromatic rings. The van der Waals surface area contributed by atoms with Crippen LogP contribution < -0.4 is 19.7 Å². The number of nitrogens with zero attached hydrogens (tertiary/aromatic N) is 6. The smallest absolute Gasteiger partial charge is 0.409 e. The highest BCUT2D eigenvalue weighted by molar-refractivity contribution is 5.78. The fourth-order valence-corrected chi connectivity index (χ4v) is 4.58. The predicted molar refractivity (Wildman–Crippen MR) is 133 cm³/mol. The number of rotatable bonds is 6. The lowest BCUT2D eigenvalue weighted by molar-refractivity contribution is -0.122. The van der Waals surface area contributed by atoms with Gasteiger partial charge in [0.25, 0.3) is 0 Å². The highest BCUT2D eigenvalue weighted by atomic mass is 16.7. The van der Waals surface area contributed by atoms with Gasteiger partial charge in [-0.2, -0.15) is 4.98 Å². The third-order valence-electron chi connectivity index (χ3n) is 6.47. The summed E-state index contributed by atoms with van der Waals surface area (Å²) in [5, 5.41) is 3.07. The van der Waals surface area contributed by atoms with Gasteiger partial charge in [-0.25, -0.2) is 14.8 Å². The van der Waals surface area contributed by atoms with Gasteiger partial charge in [0.1, 0.15) is 12.1 Å². The van der Waals surface area contributed by atoms with Crippen LogP contribution in [0.15, 0.2) is 43.0 Å². The van der Waals surface area contributed by atoms with Gasteiger partial charge in [-0.15, -0.1) is 0 Å². The fraction of sp³-hybridized carbons (Fsp3) is 0.400. The van der Waals surface area contributed by atoms with E-state index in [1.807, 2.05) is 38.1 Å². The van der Waals surface area contributed by atoms with Gasteiger partial charge in [-0.05, 0) is 31.5 Å². The van der Waals surface area contributed by atoms with Crippen molar-refractivity contribution in [3.8, 4) is 17.4 Å². The van der Waals surface area contributed by atoms with Crippen molar-refractivity contribution in [1.82, 2.24) is 29.7 Å². The van der Waals surface area contributed by atoms with Gasteiger partial charge >= 0.3 is 6.09 Å². The van der Waals surface area contributed by atoms with Crippen LogP contribution in [0.5, 0.6) is 11.5 Å². The summed E-state index contributed by atoms with van der Waals surface area (Å²) in [7, 11) is 1.36. The lowest BCUT2D eigenvalue weighted by atomic mass is 10.1. The van der Waals surface area contributed by atoms with E-state index in [9.17, 15) is 9.59 Å². The zero-order valence-corrected chi connectivity index (χ0v) is 21.0. The van der Waals surface area contributed by atoms with Crippen LogP contribution >= 0.6 is 0 Å². The lowest BCUT2D eigenvalue weighted by Gasteiger charge is -2.41. The van der Waals surface area contributed by atoms with Crippen LogP contribution in [-0.2, 0) is 9.53 Å². The molecule has 2 aliphatic rings. The number of carbonyl (C=O) groups is 2. The van der Waals surface area contributed by atoms with Gasteiger partial charge in [0.2, 0.25) is 18.6 Å². The first kappa shape index (κ1) is 24.3. The SMILES string of the molecule is COC(=O)N1CCN(c2cc(C)nc(-n3ccnc3)n2)C(CC(=O)NC(C)c2ccc3c(c2)OCO3)C1. The van der Waals surface area contributed by atoms with Crippen LogP contribution in [-0.4, -0.2) is 76.0 Å². The Morgan fingerprint density at radius 2 is 2.03 bits per heavy atom. The molecule has 1 fully saturated rings. The summed E-state index contributed by atoms with van der Waals surface area (Å²) in [6.07, 6.45) is 4.81. The minimum absolute atomic E-state index is 0.146. The molecule has 0 radical (unpaired) electrons. The molecule has 0 bridgehead atoms. The lowest BCUT2D eigenvalue weighted by Crippen LogP contribution is -2.56. The second-order valence-electron chi connectivity index (χ2n) is 9.01. The zero-order chi connectivity index (χ0) is 25.9. The van der Waals surface area contributed by atoms with E-state index < -0.39 is 6.09 Å². The van der Waals surface area contributed by atoms with E-state index in [4.69, 9.17) is 19.2 Å². The van der Waals surface area contributed by atoms with Crippen molar-refractivity contribution < 1.29 is 23.8 Å². The van der Waals surface area contributed by atoms with Crippen molar-refractivity contribution in [2.75, 3.05) is 38.4 Å². The van der Waals surface area contributed by atoms with E-state index in [0.717, 1.165) is 11.3 Å². The molecule has 12 heteroatoms. The van der Waals surface area contributed by atoms with Crippen molar-refractivity contribution in [3.63, 3.8) is 0 Å². The molecular formula is C25H29N7O5. The molecule has 0 saturated carbocycles. The summed E-state index contributed by atoms with van der Waals surface area (Å²) in [4.78, 5) is 42.5. The largest absolute Gasteiger partial charge is 0.454 e. The summed E-state index contributed by atoms with van der Waals surface area (Å²) < 4.78 is 17.5. The number of methoxy groups -OCH3 is 1. The number of amides is 2. The first-order valence-corrected chi connectivity index (χ1v) is 12.0. The molecule has 2 atom stereocenters. The molecule has 2 amide bonds. The van der Waals surface area contributed by atoms with Gasteiger partial charge in [-0.3, -0.25) is 9.36 Å². The fourth-order valence-electron chi connectivity index (χ4n) is 4.58. The molecule has 12 nitrogen and oxygen atoms in total. The number of hydrogen-bond acceptors (Lipinski definition) is 9. The Bertz CT molecular complexity index is 1280. The Morgan fingerprint density at radius 1 is 1.19 bits per heavy atom. The number of imidazole rings is 1. The summed E-state index contributed by atoms with van der Waals surface area (Å²) in [5.74, 6) is 2.38. The Hall–Kier alpha value is -4.35. The average Bonchev–Trinajstić information content (AvgIpc) is 3.59. The van der Waals surface area contributed by atoms with Gasteiger partial charge in [0.05, 0.1) is 19.2 Å². The van der Waals surface area contributed by atoms with E-state index in [1.165, 1.54) is 7.11 Å². The molecule has 5 rings (SSSR count). The van der Waals surface area contributed by atoms with Gasteiger partial charge < -0.3 is 29.3 Å². The Labute approximate surface area is 214 Å². The van der Waals surface area contributed by atoms with Crippen molar-refractivity contribution in [2.45, 2.75) is 32.4 Å². The number of fused-ring (bicyclic) bond motifs is 1. The molecule has 2 aromatic heterocycles. The van der Waals surface area contributed by atoms with E-state index >= 15 is 0 Å². The molecule has 1 N–H and O–H groups in total. The predicted octanol–water partition coefficient (Wildman–Crippen LogP) is 2.22. The molecule has 2 aliphatic heterocycles. The number of hydrogen-bond donors (Lipinski definition) is 1. The summed E-state index contributed by atoms with van der Waals surface area (Å²) in [5.41, 5.74) is 1.69. The molecular weight excluding hydrogens is 478 g/mol. The van der Waals surface area contributed by atoms with Crippen LogP contribution in [0.2, 0.25) is 0 Å². The molecule has 1 saturated heterocycles. The van der Waals surface area contributed by atoms with E-state index in [0.29, 0.717) is 42.9 Å². The molecule has 0 spiro atoms. The minimum atomic E-state index is -0.420. The first-order valence-electron chi connectivity index (χ1n) is 12.0. The number of piperazine rings is 1. The molecule has 2 unspecified atom stereocenters. The van der Waals surface area contributed by atoms with Crippen LogP contribution in [0, 0.1) is 6.92 Å². The third-order valence-corrected chi connectivity index (χ3v) is 6.47. The molecule has 1 aromatic carbocycles. The highest BCUT2D eigenvalue weighted by Crippen LogP contribution is 2.34. The van der Waals surface area contributed by atoms with Crippen molar-refractivity contribution in [2.24, 2.45) is 0 Å². The maximum Gasteiger partial charge on any atom is 0.409 e. The number of aryl methyl sites for hydroxylation is 1. The average molecular weight is 508 g/mol. The summed E-state index contributed by atoms with van der Waals surface area (Å²) in [6, 6.07) is 6.94. The monoisotopic (exact) mass is 507 g/mol. The highest BCUT2D eigenvalue weighted by Gasteiger charge is 2.33. The second-order valence-corrected chi connectivity index (χ2v) is 9.01. The number of anilines is 1. The van der Waals surface area contributed by atoms with Crippen molar-refractivity contribution in [3.05, 3.63) is 54.2 Å². The van der Waals surface area contributed by atoms with Crippen LogP contribution in [0.4, 0.5) is 10.6 Å². The Morgan fingerprint density at radius 3 is 2.81 bits per heavy atom. The second kappa shape index (κ2) is 10.3.